The number of halogens is 1. The number of aliphatic hydroxyl groups is 1. The second kappa shape index (κ2) is 7.66. The summed E-state index contributed by atoms with van der Waals surface area (Å²) < 4.78 is 12.9. The first kappa shape index (κ1) is 16.1. The van der Waals surface area contributed by atoms with Crippen molar-refractivity contribution >= 4 is 0 Å². The van der Waals surface area contributed by atoms with Crippen LogP contribution in [0.2, 0.25) is 0 Å². The van der Waals surface area contributed by atoms with Gasteiger partial charge in [0.2, 0.25) is 0 Å². The molecule has 0 bridgehead atoms. The fourth-order valence-corrected chi connectivity index (χ4v) is 3.26. The average Bonchev–Trinajstić information content (AvgIpc) is 2.58. The SMILES string of the molecule is O[C@H](CN1CCC(Cc2cccnc2)CC1)c1ccc(F)cc1. The largest absolute Gasteiger partial charge is 0.387 e. The Morgan fingerprint density at radius 3 is 2.57 bits per heavy atom. The number of β-amino-alcohol motifs (C(OH)–C–C–N with tert-alkyl or cyclic N) is 1. The minimum Gasteiger partial charge on any atom is -0.387 e. The van der Waals surface area contributed by atoms with E-state index >= 15 is 0 Å². The quantitative estimate of drug-likeness (QED) is 0.920. The molecule has 4 heteroatoms. The molecule has 1 aliphatic heterocycles. The van der Waals surface area contributed by atoms with Crippen LogP contribution < -0.4 is 0 Å². The summed E-state index contributed by atoms with van der Waals surface area (Å²) in [6.45, 7) is 2.62. The number of nitrogens with zero attached hydrogens (tertiary/aromatic N) is 2. The number of piperidine rings is 1. The summed E-state index contributed by atoms with van der Waals surface area (Å²) in [5.41, 5.74) is 2.08. The number of hydrogen-bond acceptors (Lipinski definition) is 3. The summed E-state index contributed by atoms with van der Waals surface area (Å²) in [5.74, 6) is 0.426. The normalized spacial score (nSPS) is 18.0. The van der Waals surface area contributed by atoms with Crippen LogP contribution in [0.4, 0.5) is 4.39 Å². The molecule has 1 saturated heterocycles. The molecule has 0 radical (unpaired) electrons. The lowest BCUT2D eigenvalue weighted by atomic mass is 9.90. The number of aromatic nitrogens is 1. The van der Waals surface area contributed by atoms with Crippen LogP contribution in [0.1, 0.15) is 30.1 Å². The maximum absolute atomic E-state index is 12.9. The van der Waals surface area contributed by atoms with E-state index in [1.807, 2.05) is 18.5 Å². The Kier molecular flexibility index (Phi) is 5.36. The Hall–Kier alpha value is -1.78. The van der Waals surface area contributed by atoms with Gasteiger partial charge in [-0.05, 0) is 67.6 Å². The van der Waals surface area contributed by atoms with Crippen molar-refractivity contribution in [3.8, 4) is 0 Å². The third-order valence-corrected chi connectivity index (χ3v) is 4.64. The monoisotopic (exact) mass is 314 g/mol. The van der Waals surface area contributed by atoms with Crippen LogP contribution in [0.3, 0.4) is 0 Å². The van der Waals surface area contributed by atoms with E-state index in [4.69, 9.17) is 0 Å². The summed E-state index contributed by atoms with van der Waals surface area (Å²) in [6.07, 6.45) is 6.58. The van der Waals surface area contributed by atoms with Gasteiger partial charge in [0.25, 0.3) is 0 Å². The molecular formula is C19H23FN2O. The number of likely N-dealkylation sites (tertiary alicyclic amines) is 1. The number of pyridine rings is 1. The highest BCUT2D eigenvalue weighted by atomic mass is 19.1. The molecule has 3 nitrogen and oxygen atoms in total. The molecule has 2 heterocycles. The van der Waals surface area contributed by atoms with E-state index in [0.717, 1.165) is 37.9 Å². The molecule has 1 aliphatic rings. The van der Waals surface area contributed by atoms with Crippen LogP contribution in [-0.4, -0.2) is 34.6 Å². The van der Waals surface area contributed by atoms with Gasteiger partial charge in [-0.25, -0.2) is 4.39 Å². The summed E-state index contributed by atoms with van der Waals surface area (Å²) >= 11 is 0. The predicted octanol–water partition coefficient (Wildman–Crippen LogP) is 3.21. The number of benzene rings is 1. The van der Waals surface area contributed by atoms with E-state index in [-0.39, 0.29) is 5.82 Å². The van der Waals surface area contributed by atoms with Gasteiger partial charge in [0.15, 0.2) is 0 Å². The lowest BCUT2D eigenvalue weighted by Crippen LogP contribution is -2.37. The molecule has 1 N–H and O–H groups in total. The minimum atomic E-state index is -0.550. The van der Waals surface area contributed by atoms with Crippen LogP contribution in [0.25, 0.3) is 0 Å². The summed E-state index contributed by atoms with van der Waals surface area (Å²) in [5, 5.41) is 10.3. The third kappa shape index (κ3) is 4.60. The Labute approximate surface area is 136 Å². The number of aliphatic hydroxyl groups excluding tert-OH is 1. The van der Waals surface area contributed by atoms with Crippen LogP contribution in [0, 0.1) is 11.7 Å². The van der Waals surface area contributed by atoms with E-state index in [0.29, 0.717) is 12.5 Å². The summed E-state index contributed by atoms with van der Waals surface area (Å²) in [6, 6.07) is 10.3. The van der Waals surface area contributed by atoms with Gasteiger partial charge in [0.1, 0.15) is 5.82 Å². The topological polar surface area (TPSA) is 36.4 Å². The van der Waals surface area contributed by atoms with E-state index in [1.54, 1.807) is 12.1 Å². The van der Waals surface area contributed by atoms with Crippen molar-refractivity contribution in [3.05, 3.63) is 65.7 Å². The fourth-order valence-electron chi connectivity index (χ4n) is 3.26. The molecule has 122 valence electrons. The molecular weight excluding hydrogens is 291 g/mol. The first-order valence-electron chi connectivity index (χ1n) is 8.25. The van der Waals surface area contributed by atoms with Gasteiger partial charge in [-0.2, -0.15) is 0 Å². The minimum absolute atomic E-state index is 0.267. The second-order valence-electron chi connectivity index (χ2n) is 6.38. The molecule has 3 rings (SSSR count). The molecule has 0 spiro atoms. The van der Waals surface area contributed by atoms with Crippen molar-refractivity contribution in [1.82, 2.24) is 9.88 Å². The average molecular weight is 314 g/mol. The Morgan fingerprint density at radius 1 is 1.17 bits per heavy atom. The van der Waals surface area contributed by atoms with E-state index in [9.17, 15) is 9.50 Å². The van der Waals surface area contributed by atoms with Crippen molar-refractivity contribution in [1.29, 1.82) is 0 Å². The number of rotatable bonds is 5. The first-order chi connectivity index (χ1) is 11.2. The highest BCUT2D eigenvalue weighted by molar-refractivity contribution is 5.18. The molecule has 0 saturated carbocycles. The lowest BCUT2D eigenvalue weighted by molar-refractivity contribution is 0.0892. The van der Waals surface area contributed by atoms with Gasteiger partial charge >= 0.3 is 0 Å². The van der Waals surface area contributed by atoms with E-state index in [2.05, 4.69) is 16.0 Å². The molecule has 23 heavy (non-hydrogen) atoms. The zero-order valence-electron chi connectivity index (χ0n) is 13.2. The van der Waals surface area contributed by atoms with Crippen molar-refractivity contribution in [3.63, 3.8) is 0 Å². The third-order valence-electron chi connectivity index (χ3n) is 4.64. The number of hydrogen-bond donors (Lipinski definition) is 1. The summed E-state index contributed by atoms with van der Waals surface area (Å²) in [7, 11) is 0. The zero-order chi connectivity index (χ0) is 16.1. The molecule has 1 aromatic carbocycles. The maximum atomic E-state index is 12.9. The Morgan fingerprint density at radius 2 is 1.91 bits per heavy atom. The maximum Gasteiger partial charge on any atom is 0.123 e. The van der Waals surface area contributed by atoms with Crippen LogP contribution in [0.15, 0.2) is 48.8 Å². The first-order valence-corrected chi connectivity index (χ1v) is 8.25. The van der Waals surface area contributed by atoms with Crippen LogP contribution in [-0.2, 0) is 6.42 Å². The molecule has 1 atom stereocenters. The molecule has 0 aliphatic carbocycles. The Bertz CT molecular complexity index is 595. The van der Waals surface area contributed by atoms with Gasteiger partial charge in [0, 0.05) is 18.9 Å². The van der Waals surface area contributed by atoms with Crippen molar-refractivity contribution < 1.29 is 9.50 Å². The van der Waals surface area contributed by atoms with Gasteiger partial charge in [0.05, 0.1) is 6.10 Å². The van der Waals surface area contributed by atoms with Gasteiger partial charge in [-0.15, -0.1) is 0 Å². The second-order valence-corrected chi connectivity index (χ2v) is 6.38. The fraction of sp³-hybridized carbons (Fsp3) is 0.421. The lowest BCUT2D eigenvalue weighted by Gasteiger charge is -2.33. The van der Waals surface area contributed by atoms with Gasteiger partial charge < -0.3 is 10.0 Å². The smallest absolute Gasteiger partial charge is 0.123 e. The molecule has 1 fully saturated rings. The van der Waals surface area contributed by atoms with E-state index < -0.39 is 6.10 Å². The Balaban J connectivity index is 1.46. The highest BCUT2D eigenvalue weighted by Crippen LogP contribution is 2.23. The molecule has 0 amide bonds. The van der Waals surface area contributed by atoms with Gasteiger partial charge in [-0.3, -0.25) is 4.98 Å². The molecule has 0 unspecified atom stereocenters. The van der Waals surface area contributed by atoms with Crippen LogP contribution in [0.5, 0.6) is 0 Å². The van der Waals surface area contributed by atoms with Gasteiger partial charge in [-0.1, -0.05) is 18.2 Å². The van der Waals surface area contributed by atoms with Crippen LogP contribution >= 0.6 is 0 Å². The summed E-state index contributed by atoms with van der Waals surface area (Å²) in [4.78, 5) is 6.47. The van der Waals surface area contributed by atoms with Crippen molar-refractivity contribution in [2.24, 2.45) is 5.92 Å². The van der Waals surface area contributed by atoms with Crippen molar-refractivity contribution in [2.75, 3.05) is 19.6 Å². The molecule has 1 aromatic heterocycles. The molecule has 2 aromatic rings. The predicted molar refractivity (Wildman–Crippen MR) is 88.5 cm³/mol. The standard InChI is InChI=1S/C19H23FN2O/c20-18-5-3-17(4-6-18)19(23)14-22-10-7-15(8-11-22)12-16-2-1-9-21-13-16/h1-6,9,13,15,19,23H,7-8,10-12,14H2/t19-/m1/s1. The zero-order valence-corrected chi connectivity index (χ0v) is 13.2. The van der Waals surface area contributed by atoms with E-state index in [1.165, 1.54) is 17.7 Å². The van der Waals surface area contributed by atoms with Crippen molar-refractivity contribution in [2.45, 2.75) is 25.4 Å². The highest BCUT2D eigenvalue weighted by Gasteiger charge is 2.21.